The van der Waals surface area contributed by atoms with Crippen LogP contribution < -0.4 is 5.32 Å². The summed E-state index contributed by atoms with van der Waals surface area (Å²) in [7, 11) is 0. The summed E-state index contributed by atoms with van der Waals surface area (Å²) in [5.41, 5.74) is 1.77. The SMILES string of the molecule is CCCc1c(C(=O)NC(C)CO)nnn1-c1cccc(Cl)c1. The fraction of sp³-hybridized carbons (Fsp3) is 0.400. The summed E-state index contributed by atoms with van der Waals surface area (Å²) < 4.78 is 1.63. The van der Waals surface area contributed by atoms with Crippen molar-refractivity contribution in [2.75, 3.05) is 6.61 Å². The van der Waals surface area contributed by atoms with Crippen LogP contribution in [0, 0.1) is 0 Å². The maximum Gasteiger partial charge on any atom is 0.274 e. The predicted octanol–water partition coefficient (Wildman–Crippen LogP) is 1.98. The fourth-order valence-corrected chi connectivity index (χ4v) is 2.28. The van der Waals surface area contributed by atoms with Crippen molar-refractivity contribution in [2.24, 2.45) is 0 Å². The minimum atomic E-state index is -0.335. The van der Waals surface area contributed by atoms with E-state index in [4.69, 9.17) is 16.7 Å². The van der Waals surface area contributed by atoms with Gasteiger partial charge in [-0.1, -0.05) is 36.2 Å². The van der Waals surface area contributed by atoms with Crippen LogP contribution in [0.4, 0.5) is 0 Å². The molecule has 1 aromatic carbocycles. The number of halogens is 1. The highest BCUT2D eigenvalue weighted by molar-refractivity contribution is 6.30. The highest BCUT2D eigenvalue weighted by atomic mass is 35.5. The molecule has 1 aromatic heterocycles. The molecule has 0 aliphatic rings. The number of hydrogen-bond donors (Lipinski definition) is 2. The van der Waals surface area contributed by atoms with Crippen LogP contribution in [0.15, 0.2) is 24.3 Å². The van der Waals surface area contributed by atoms with Crippen molar-refractivity contribution in [2.45, 2.75) is 32.7 Å². The van der Waals surface area contributed by atoms with Crippen LogP contribution in [0.3, 0.4) is 0 Å². The second-order valence-corrected chi connectivity index (χ2v) is 5.52. The van der Waals surface area contributed by atoms with E-state index in [1.54, 1.807) is 23.7 Å². The predicted molar refractivity (Wildman–Crippen MR) is 84.4 cm³/mol. The number of nitrogens with zero attached hydrogens (tertiary/aromatic N) is 3. The molecular weight excluding hydrogens is 304 g/mol. The van der Waals surface area contributed by atoms with Gasteiger partial charge in [0.2, 0.25) is 0 Å². The molecule has 0 saturated carbocycles. The van der Waals surface area contributed by atoms with Gasteiger partial charge in [0, 0.05) is 11.1 Å². The van der Waals surface area contributed by atoms with Gasteiger partial charge in [0.25, 0.3) is 5.91 Å². The van der Waals surface area contributed by atoms with Crippen molar-refractivity contribution in [3.63, 3.8) is 0 Å². The fourth-order valence-electron chi connectivity index (χ4n) is 2.09. The third-order valence-corrected chi connectivity index (χ3v) is 3.40. The zero-order chi connectivity index (χ0) is 16.1. The number of benzene rings is 1. The lowest BCUT2D eigenvalue weighted by Crippen LogP contribution is -2.35. The standard InChI is InChI=1S/C15H19ClN4O2/c1-3-5-13-14(15(22)17-10(2)9-21)18-19-20(13)12-7-4-6-11(16)8-12/h4,6-8,10,21H,3,5,9H2,1-2H3,(H,17,22). The van der Waals surface area contributed by atoms with Crippen LogP contribution in [-0.2, 0) is 6.42 Å². The Hall–Kier alpha value is -1.92. The third-order valence-electron chi connectivity index (χ3n) is 3.17. The van der Waals surface area contributed by atoms with Gasteiger partial charge >= 0.3 is 0 Å². The molecule has 2 N–H and O–H groups in total. The normalized spacial score (nSPS) is 12.2. The largest absolute Gasteiger partial charge is 0.394 e. The molecule has 0 radical (unpaired) electrons. The van der Waals surface area contributed by atoms with Crippen molar-refractivity contribution < 1.29 is 9.90 Å². The van der Waals surface area contributed by atoms with Crippen molar-refractivity contribution >= 4 is 17.5 Å². The Bertz CT molecular complexity index is 657. The molecule has 7 heteroatoms. The molecule has 6 nitrogen and oxygen atoms in total. The lowest BCUT2D eigenvalue weighted by Gasteiger charge is -2.11. The molecule has 22 heavy (non-hydrogen) atoms. The summed E-state index contributed by atoms with van der Waals surface area (Å²) in [6.07, 6.45) is 1.51. The van der Waals surface area contributed by atoms with Crippen LogP contribution in [0.1, 0.15) is 36.5 Å². The van der Waals surface area contributed by atoms with Crippen LogP contribution in [0.25, 0.3) is 5.69 Å². The maximum atomic E-state index is 12.3. The molecule has 0 aliphatic carbocycles. The quantitative estimate of drug-likeness (QED) is 0.852. The van der Waals surface area contributed by atoms with Crippen LogP contribution in [0.2, 0.25) is 5.02 Å². The Morgan fingerprint density at radius 2 is 2.27 bits per heavy atom. The van der Waals surface area contributed by atoms with Gasteiger partial charge in [0.05, 0.1) is 18.0 Å². The zero-order valence-corrected chi connectivity index (χ0v) is 13.3. The van der Waals surface area contributed by atoms with Gasteiger partial charge in [0.15, 0.2) is 5.69 Å². The minimum absolute atomic E-state index is 0.128. The van der Waals surface area contributed by atoms with E-state index in [1.165, 1.54) is 0 Å². The molecule has 1 heterocycles. The molecule has 1 unspecified atom stereocenters. The highest BCUT2D eigenvalue weighted by Crippen LogP contribution is 2.18. The van der Waals surface area contributed by atoms with E-state index in [2.05, 4.69) is 15.6 Å². The van der Waals surface area contributed by atoms with Crippen LogP contribution >= 0.6 is 11.6 Å². The van der Waals surface area contributed by atoms with E-state index < -0.39 is 0 Å². The van der Waals surface area contributed by atoms with Gasteiger partial charge in [-0.05, 0) is 31.5 Å². The van der Waals surface area contributed by atoms with E-state index in [0.29, 0.717) is 11.4 Å². The first-order chi connectivity index (χ1) is 10.6. The number of hydrogen-bond acceptors (Lipinski definition) is 4. The molecule has 0 fully saturated rings. The molecular formula is C15H19ClN4O2. The molecule has 2 aromatic rings. The van der Waals surface area contributed by atoms with E-state index in [1.807, 2.05) is 19.1 Å². The number of amides is 1. The van der Waals surface area contributed by atoms with Crippen molar-refractivity contribution in [3.05, 3.63) is 40.7 Å². The van der Waals surface area contributed by atoms with E-state index in [-0.39, 0.29) is 24.2 Å². The first-order valence-electron chi connectivity index (χ1n) is 7.19. The van der Waals surface area contributed by atoms with Crippen molar-refractivity contribution in [1.82, 2.24) is 20.3 Å². The minimum Gasteiger partial charge on any atom is -0.394 e. The average Bonchev–Trinajstić information content (AvgIpc) is 2.91. The summed E-state index contributed by atoms with van der Waals surface area (Å²) in [5.74, 6) is -0.335. The first-order valence-corrected chi connectivity index (χ1v) is 7.56. The lowest BCUT2D eigenvalue weighted by atomic mass is 10.2. The third kappa shape index (κ3) is 3.64. The van der Waals surface area contributed by atoms with Crippen LogP contribution in [-0.4, -0.2) is 38.7 Å². The zero-order valence-electron chi connectivity index (χ0n) is 12.6. The molecule has 0 spiro atoms. The van der Waals surface area contributed by atoms with Crippen molar-refractivity contribution in [3.8, 4) is 5.69 Å². The second-order valence-electron chi connectivity index (χ2n) is 5.08. The average molecular weight is 323 g/mol. The molecule has 0 saturated heterocycles. The monoisotopic (exact) mass is 322 g/mol. The van der Waals surface area contributed by atoms with Gasteiger partial charge in [-0.15, -0.1) is 5.10 Å². The van der Waals surface area contributed by atoms with Crippen LogP contribution in [0.5, 0.6) is 0 Å². The smallest absolute Gasteiger partial charge is 0.274 e. The molecule has 1 amide bonds. The summed E-state index contributed by atoms with van der Waals surface area (Å²) in [6, 6.07) is 6.89. The lowest BCUT2D eigenvalue weighted by molar-refractivity contribution is 0.0916. The molecule has 0 bridgehead atoms. The Morgan fingerprint density at radius 3 is 2.91 bits per heavy atom. The summed E-state index contributed by atoms with van der Waals surface area (Å²) >= 11 is 6.01. The number of aromatic nitrogens is 3. The van der Waals surface area contributed by atoms with Gasteiger partial charge in [-0.3, -0.25) is 4.79 Å². The van der Waals surface area contributed by atoms with Gasteiger partial charge in [0.1, 0.15) is 0 Å². The number of nitrogens with one attached hydrogen (secondary N) is 1. The molecule has 0 aliphatic heterocycles. The summed E-state index contributed by atoms with van der Waals surface area (Å²) in [5, 5.41) is 20.4. The Labute approximate surface area is 134 Å². The Kier molecular flexibility index (Phi) is 5.51. The maximum absolute atomic E-state index is 12.3. The summed E-state index contributed by atoms with van der Waals surface area (Å²) in [4.78, 5) is 12.3. The van der Waals surface area contributed by atoms with E-state index in [0.717, 1.165) is 17.8 Å². The van der Waals surface area contributed by atoms with E-state index in [9.17, 15) is 4.79 Å². The van der Waals surface area contributed by atoms with Gasteiger partial charge in [-0.2, -0.15) is 0 Å². The number of aliphatic hydroxyl groups is 1. The number of aliphatic hydroxyl groups excluding tert-OH is 1. The molecule has 2 rings (SSSR count). The molecule has 118 valence electrons. The van der Waals surface area contributed by atoms with Crippen molar-refractivity contribution in [1.29, 1.82) is 0 Å². The first kappa shape index (κ1) is 16.5. The number of rotatable bonds is 6. The van der Waals surface area contributed by atoms with Gasteiger partial charge in [-0.25, -0.2) is 4.68 Å². The number of carbonyl (C=O) groups excluding carboxylic acids is 1. The van der Waals surface area contributed by atoms with Gasteiger partial charge < -0.3 is 10.4 Å². The number of carbonyl (C=O) groups is 1. The molecule has 1 atom stereocenters. The summed E-state index contributed by atoms with van der Waals surface area (Å²) in [6.45, 7) is 3.61. The Morgan fingerprint density at radius 1 is 1.50 bits per heavy atom. The second kappa shape index (κ2) is 7.38. The topological polar surface area (TPSA) is 80.0 Å². The Balaban J connectivity index is 2.39. The van der Waals surface area contributed by atoms with E-state index >= 15 is 0 Å². The highest BCUT2D eigenvalue weighted by Gasteiger charge is 2.21.